The van der Waals surface area contributed by atoms with Crippen LogP contribution in [0.1, 0.15) is 71.8 Å². The number of nitriles is 1. The molecule has 1 saturated heterocycles. The SMILES string of the molecule is COc1ccc(-c2nnn([C@@H]3C[C@H]4C(=O)N[C@]5(C(=O)NC#N)CC5/C=C/CCCCC[C@@H](NC(=O)OC(C)(C)C)C(=O)N4C3)n2)cc1. The normalized spacial score (nSPS) is 27.1. The molecule has 1 aliphatic carbocycles. The number of benzene rings is 1. The van der Waals surface area contributed by atoms with Crippen LogP contribution >= 0.6 is 0 Å². The largest absolute Gasteiger partial charge is 0.497 e. The van der Waals surface area contributed by atoms with Crippen molar-refractivity contribution in [3.05, 3.63) is 36.4 Å². The Hall–Kier alpha value is -5.00. The highest BCUT2D eigenvalue weighted by molar-refractivity contribution is 5.98. The molecule has 3 N–H and O–H groups in total. The van der Waals surface area contributed by atoms with Gasteiger partial charge in [-0.3, -0.25) is 19.7 Å². The van der Waals surface area contributed by atoms with Crippen LogP contribution in [0.3, 0.4) is 0 Å². The lowest BCUT2D eigenvalue weighted by Gasteiger charge is -2.30. The van der Waals surface area contributed by atoms with Crippen molar-refractivity contribution in [1.82, 2.24) is 41.1 Å². The smallest absolute Gasteiger partial charge is 0.408 e. The van der Waals surface area contributed by atoms with Gasteiger partial charge in [0.25, 0.3) is 5.91 Å². The summed E-state index contributed by atoms with van der Waals surface area (Å²) in [5, 5.41) is 30.0. The van der Waals surface area contributed by atoms with Gasteiger partial charge in [0, 0.05) is 24.4 Å². The van der Waals surface area contributed by atoms with Gasteiger partial charge in [0.2, 0.25) is 17.6 Å². The van der Waals surface area contributed by atoms with E-state index in [0.29, 0.717) is 36.4 Å². The topological polar surface area (TPSA) is 193 Å². The summed E-state index contributed by atoms with van der Waals surface area (Å²) in [6.45, 7) is 5.26. The molecule has 3 heterocycles. The quantitative estimate of drug-likeness (QED) is 0.246. The van der Waals surface area contributed by atoms with Gasteiger partial charge >= 0.3 is 6.09 Å². The zero-order chi connectivity index (χ0) is 33.8. The minimum atomic E-state index is -1.31. The van der Waals surface area contributed by atoms with Crippen molar-refractivity contribution < 1.29 is 28.7 Å². The van der Waals surface area contributed by atoms with E-state index in [0.717, 1.165) is 19.3 Å². The molecule has 47 heavy (non-hydrogen) atoms. The van der Waals surface area contributed by atoms with Gasteiger partial charge in [-0.25, -0.2) is 4.79 Å². The lowest BCUT2D eigenvalue weighted by molar-refractivity contribution is -0.141. The zero-order valence-corrected chi connectivity index (χ0v) is 27.1. The van der Waals surface area contributed by atoms with Gasteiger partial charge in [-0.1, -0.05) is 25.0 Å². The van der Waals surface area contributed by atoms with Crippen molar-refractivity contribution in [2.45, 2.75) is 95.0 Å². The lowest BCUT2D eigenvalue weighted by atomic mass is 10.0. The third kappa shape index (κ3) is 7.70. The summed E-state index contributed by atoms with van der Waals surface area (Å²) >= 11 is 0. The number of methoxy groups -OCH3 is 1. The molecule has 15 nitrogen and oxygen atoms in total. The minimum absolute atomic E-state index is 0.0581. The Labute approximate surface area is 273 Å². The molecule has 5 rings (SSSR count). The van der Waals surface area contributed by atoms with Gasteiger partial charge in [0.05, 0.1) is 13.2 Å². The summed E-state index contributed by atoms with van der Waals surface area (Å²) in [5.74, 6) is -0.869. The van der Waals surface area contributed by atoms with Crippen LogP contribution in [-0.2, 0) is 19.1 Å². The maximum Gasteiger partial charge on any atom is 0.408 e. The first-order chi connectivity index (χ1) is 22.4. The number of aromatic nitrogens is 4. The van der Waals surface area contributed by atoms with Crippen LogP contribution in [-0.4, -0.2) is 85.8 Å². The molecule has 0 spiro atoms. The second-order valence-corrected chi connectivity index (χ2v) is 13.2. The molecule has 2 fully saturated rings. The number of tetrazole rings is 1. The van der Waals surface area contributed by atoms with Crippen molar-refractivity contribution in [2.24, 2.45) is 5.92 Å². The lowest BCUT2D eigenvalue weighted by Crippen LogP contribution is -2.57. The van der Waals surface area contributed by atoms with Gasteiger partial charge in [0.15, 0.2) is 6.19 Å². The van der Waals surface area contributed by atoms with Crippen molar-refractivity contribution in [3.63, 3.8) is 0 Å². The standard InChI is InChI=1S/C32H41N9O6/c1-31(2,3)47-30(45)35-24-11-9-7-5-6-8-10-21-17-32(21,29(44)34-19-33)36-27(42)25-16-22(18-40(25)28(24)43)41-38-26(37-39-41)20-12-14-23(46-4)15-13-20/h8,10,12-15,21-22,24-25H,5-7,9,11,16-18H2,1-4H3,(H,34,44)(H,35,45)(H,36,42)/b10-8+/t21?,22-,24-,25+,32-/m1/s1. The molecule has 1 unspecified atom stereocenters. The number of fused-ring (bicyclic) bond motifs is 2. The Balaban J connectivity index is 1.45. The van der Waals surface area contributed by atoms with Crippen molar-refractivity contribution >= 4 is 23.8 Å². The van der Waals surface area contributed by atoms with Crippen LogP contribution in [0.2, 0.25) is 0 Å². The van der Waals surface area contributed by atoms with E-state index in [9.17, 15) is 19.2 Å². The van der Waals surface area contributed by atoms with E-state index in [2.05, 4.69) is 31.4 Å². The Kier molecular flexibility index (Phi) is 9.78. The third-order valence-electron chi connectivity index (χ3n) is 8.62. The number of nitrogens with one attached hydrogen (secondary N) is 3. The molecule has 0 radical (unpaired) electrons. The van der Waals surface area contributed by atoms with Gasteiger partial charge in [-0.15, -0.1) is 10.2 Å². The number of carbonyl (C=O) groups excluding carboxylic acids is 4. The monoisotopic (exact) mass is 647 g/mol. The number of amides is 4. The second-order valence-electron chi connectivity index (χ2n) is 13.2. The number of carbonyl (C=O) groups is 4. The maximum absolute atomic E-state index is 14.2. The van der Waals surface area contributed by atoms with Crippen LogP contribution in [0.25, 0.3) is 11.4 Å². The Morgan fingerprint density at radius 2 is 1.91 bits per heavy atom. The molecule has 1 aromatic carbocycles. The summed E-state index contributed by atoms with van der Waals surface area (Å²) in [7, 11) is 1.57. The number of allylic oxidation sites excluding steroid dienone is 1. The fourth-order valence-corrected chi connectivity index (χ4v) is 6.11. The number of hydrogen-bond acceptors (Lipinski definition) is 10. The van der Waals surface area contributed by atoms with E-state index in [1.54, 1.807) is 58.3 Å². The number of ether oxygens (including phenoxy) is 2. The molecule has 2 aliphatic heterocycles. The van der Waals surface area contributed by atoms with Crippen molar-refractivity contribution in [2.75, 3.05) is 13.7 Å². The molecule has 2 aromatic rings. The Morgan fingerprint density at radius 1 is 1.15 bits per heavy atom. The summed E-state index contributed by atoms with van der Waals surface area (Å²) in [4.78, 5) is 57.0. The van der Waals surface area contributed by atoms with E-state index in [1.807, 2.05) is 12.2 Å². The molecule has 250 valence electrons. The van der Waals surface area contributed by atoms with Crippen LogP contribution in [0.5, 0.6) is 5.75 Å². The van der Waals surface area contributed by atoms with Gasteiger partial charge in [-0.05, 0) is 75.9 Å². The first-order valence-electron chi connectivity index (χ1n) is 15.9. The van der Waals surface area contributed by atoms with Gasteiger partial charge < -0.3 is 25.0 Å². The maximum atomic E-state index is 14.2. The first-order valence-corrected chi connectivity index (χ1v) is 15.9. The molecule has 0 bridgehead atoms. The molecule has 4 amide bonds. The molecular formula is C32H41N9O6. The number of nitrogens with zero attached hydrogens (tertiary/aromatic N) is 6. The fourth-order valence-electron chi connectivity index (χ4n) is 6.11. The van der Waals surface area contributed by atoms with Crippen LogP contribution in [0, 0.1) is 17.4 Å². The van der Waals surface area contributed by atoms with Crippen molar-refractivity contribution in [1.29, 1.82) is 5.26 Å². The third-order valence-corrected chi connectivity index (χ3v) is 8.62. The van der Waals surface area contributed by atoms with Crippen LogP contribution in [0.15, 0.2) is 36.4 Å². The van der Waals surface area contributed by atoms with Gasteiger partial charge in [-0.2, -0.15) is 10.1 Å². The average Bonchev–Trinajstić information content (AvgIpc) is 3.34. The molecule has 15 heteroatoms. The number of alkyl carbamates (subject to hydrolysis) is 1. The molecule has 1 saturated carbocycles. The fraction of sp³-hybridized carbons (Fsp3) is 0.562. The first kappa shape index (κ1) is 33.4. The van der Waals surface area contributed by atoms with Crippen LogP contribution in [0.4, 0.5) is 4.79 Å². The summed E-state index contributed by atoms with van der Waals surface area (Å²) in [5.41, 5.74) is -1.38. The predicted octanol–water partition coefficient (Wildman–Crippen LogP) is 2.38. The predicted molar refractivity (Wildman–Crippen MR) is 167 cm³/mol. The average molecular weight is 648 g/mol. The highest BCUT2D eigenvalue weighted by atomic mass is 16.6. The van der Waals surface area contributed by atoms with E-state index in [-0.39, 0.29) is 18.9 Å². The zero-order valence-electron chi connectivity index (χ0n) is 27.1. The number of hydrogen-bond donors (Lipinski definition) is 3. The van der Waals surface area contributed by atoms with E-state index in [4.69, 9.17) is 14.7 Å². The molecular weight excluding hydrogens is 606 g/mol. The Bertz CT molecular complexity index is 1560. The highest BCUT2D eigenvalue weighted by Gasteiger charge is 2.61. The van der Waals surface area contributed by atoms with E-state index < -0.39 is 53.1 Å². The van der Waals surface area contributed by atoms with Crippen LogP contribution < -0.4 is 20.7 Å². The summed E-state index contributed by atoms with van der Waals surface area (Å²) in [6, 6.07) is 4.65. The Morgan fingerprint density at radius 3 is 2.62 bits per heavy atom. The van der Waals surface area contributed by atoms with Gasteiger partial charge in [0.1, 0.15) is 29.0 Å². The molecule has 3 aliphatic rings. The minimum Gasteiger partial charge on any atom is -0.497 e. The van der Waals surface area contributed by atoms with E-state index in [1.165, 1.54) is 9.70 Å². The highest BCUT2D eigenvalue weighted by Crippen LogP contribution is 2.45. The van der Waals surface area contributed by atoms with E-state index >= 15 is 0 Å². The molecule has 5 atom stereocenters. The summed E-state index contributed by atoms with van der Waals surface area (Å²) in [6.07, 6.45) is 8.66. The second kappa shape index (κ2) is 13.8. The molecule has 1 aromatic heterocycles. The number of rotatable bonds is 5. The summed E-state index contributed by atoms with van der Waals surface area (Å²) < 4.78 is 10.7. The van der Waals surface area contributed by atoms with Crippen molar-refractivity contribution in [3.8, 4) is 23.3 Å².